The van der Waals surface area contributed by atoms with Crippen molar-refractivity contribution in [2.45, 2.75) is 39.7 Å². The molecule has 1 atom stereocenters. The van der Waals surface area contributed by atoms with Gasteiger partial charge < -0.3 is 15.2 Å². The molecule has 0 saturated heterocycles. The normalized spacial score (nSPS) is 11.8. The summed E-state index contributed by atoms with van der Waals surface area (Å²) in [6, 6.07) is 3.27. The van der Waals surface area contributed by atoms with Crippen molar-refractivity contribution in [2.75, 3.05) is 12.4 Å². The van der Waals surface area contributed by atoms with Gasteiger partial charge in [-0.2, -0.15) is 0 Å². The smallest absolute Gasteiger partial charge is 0.339 e. The third-order valence-electron chi connectivity index (χ3n) is 3.04. The maximum atomic E-state index is 11.8. The standard InChI is InChI=1S/C15H21NO4/c1-5-6-14(18)11-8-12(15(19)20-4)13(7-9(11)2)16-10(3)17/h7-8,14,18H,5-6H2,1-4H3,(H,16,17). The molecule has 0 radical (unpaired) electrons. The summed E-state index contributed by atoms with van der Waals surface area (Å²) < 4.78 is 4.72. The molecule has 1 amide bonds. The Morgan fingerprint density at radius 1 is 1.40 bits per heavy atom. The topological polar surface area (TPSA) is 75.6 Å². The second-order valence-corrected chi connectivity index (χ2v) is 4.73. The Bertz CT molecular complexity index is 511. The van der Waals surface area contributed by atoms with Crippen molar-refractivity contribution >= 4 is 17.6 Å². The number of hydrogen-bond acceptors (Lipinski definition) is 4. The molecule has 0 heterocycles. The van der Waals surface area contributed by atoms with E-state index in [2.05, 4.69) is 5.32 Å². The summed E-state index contributed by atoms with van der Waals surface area (Å²) in [5.74, 6) is -0.810. The van der Waals surface area contributed by atoms with Gasteiger partial charge in [0.2, 0.25) is 5.91 Å². The van der Waals surface area contributed by atoms with E-state index >= 15 is 0 Å². The Hall–Kier alpha value is -1.88. The molecule has 0 saturated carbocycles. The zero-order valence-electron chi connectivity index (χ0n) is 12.3. The van der Waals surface area contributed by atoms with Crippen molar-refractivity contribution in [3.8, 4) is 0 Å². The van der Waals surface area contributed by atoms with E-state index in [1.807, 2.05) is 13.8 Å². The average Bonchev–Trinajstić information content (AvgIpc) is 2.37. The molecule has 0 aliphatic heterocycles. The van der Waals surface area contributed by atoms with Gasteiger partial charge in [0.05, 0.1) is 24.5 Å². The number of aliphatic hydroxyl groups excluding tert-OH is 1. The minimum atomic E-state index is -0.630. The quantitative estimate of drug-likeness (QED) is 0.812. The van der Waals surface area contributed by atoms with Gasteiger partial charge in [0, 0.05) is 6.92 Å². The number of methoxy groups -OCH3 is 1. The molecule has 2 N–H and O–H groups in total. The summed E-state index contributed by atoms with van der Waals surface area (Å²) in [5.41, 5.74) is 2.15. The maximum Gasteiger partial charge on any atom is 0.339 e. The van der Waals surface area contributed by atoms with Crippen molar-refractivity contribution in [3.05, 3.63) is 28.8 Å². The summed E-state index contributed by atoms with van der Waals surface area (Å²) in [4.78, 5) is 23.0. The Balaban J connectivity index is 3.31. The molecular weight excluding hydrogens is 258 g/mol. The Morgan fingerprint density at radius 3 is 2.55 bits per heavy atom. The lowest BCUT2D eigenvalue weighted by Gasteiger charge is -2.17. The zero-order valence-corrected chi connectivity index (χ0v) is 12.3. The van der Waals surface area contributed by atoms with Gasteiger partial charge in [-0.3, -0.25) is 4.79 Å². The van der Waals surface area contributed by atoms with Gasteiger partial charge in [0.25, 0.3) is 0 Å². The van der Waals surface area contributed by atoms with Crippen molar-refractivity contribution in [3.63, 3.8) is 0 Å². The molecule has 5 heteroatoms. The molecule has 110 valence electrons. The number of aryl methyl sites for hydroxylation is 1. The van der Waals surface area contributed by atoms with Gasteiger partial charge in [-0.1, -0.05) is 13.3 Å². The molecular formula is C15H21NO4. The number of aliphatic hydroxyl groups is 1. The third kappa shape index (κ3) is 3.81. The highest BCUT2D eigenvalue weighted by Gasteiger charge is 2.18. The van der Waals surface area contributed by atoms with Crippen LogP contribution in [0.1, 0.15) is 54.3 Å². The van der Waals surface area contributed by atoms with E-state index in [0.717, 1.165) is 12.0 Å². The van der Waals surface area contributed by atoms with E-state index in [-0.39, 0.29) is 11.5 Å². The van der Waals surface area contributed by atoms with Gasteiger partial charge in [-0.15, -0.1) is 0 Å². The molecule has 0 fully saturated rings. The van der Waals surface area contributed by atoms with Crippen LogP contribution in [0, 0.1) is 6.92 Å². The molecule has 5 nitrogen and oxygen atoms in total. The van der Waals surface area contributed by atoms with Crippen molar-refractivity contribution in [1.29, 1.82) is 0 Å². The Kier molecular flexibility index (Phi) is 5.70. The summed E-state index contributed by atoms with van der Waals surface area (Å²) in [7, 11) is 1.28. The first-order valence-electron chi connectivity index (χ1n) is 6.59. The predicted molar refractivity (Wildman–Crippen MR) is 76.7 cm³/mol. The zero-order chi connectivity index (χ0) is 15.3. The van der Waals surface area contributed by atoms with Crippen LogP contribution in [-0.4, -0.2) is 24.1 Å². The SMILES string of the molecule is CCCC(O)c1cc(C(=O)OC)c(NC(C)=O)cc1C. The molecule has 20 heavy (non-hydrogen) atoms. The number of benzene rings is 1. The molecule has 0 bridgehead atoms. The van der Waals surface area contributed by atoms with E-state index in [0.29, 0.717) is 17.7 Å². The highest BCUT2D eigenvalue weighted by Crippen LogP contribution is 2.28. The highest BCUT2D eigenvalue weighted by atomic mass is 16.5. The number of carbonyl (C=O) groups excluding carboxylic acids is 2. The first-order valence-corrected chi connectivity index (χ1v) is 6.59. The fraction of sp³-hybridized carbons (Fsp3) is 0.467. The first-order chi connectivity index (χ1) is 9.40. The molecule has 0 spiro atoms. The van der Waals surface area contributed by atoms with Crippen molar-refractivity contribution in [2.24, 2.45) is 0 Å². The highest BCUT2D eigenvalue weighted by molar-refractivity contribution is 6.01. The number of nitrogens with one attached hydrogen (secondary N) is 1. The number of amides is 1. The number of carbonyl (C=O) groups is 2. The molecule has 1 unspecified atom stereocenters. The largest absolute Gasteiger partial charge is 0.465 e. The van der Waals surface area contributed by atoms with Crippen LogP contribution in [0.15, 0.2) is 12.1 Å². The Morgan fingerprint density at radius 2 is 2.05 bits per heavy atom. The molecule has 1 aromatic carbocycles. The number of ether oxygens (including phenoxy) is 1. The van der Waals surface area contributed by atoms with E-state index in [4.69, 9.17) is 4.74 Å². The van der Waals surface area contributed by atoms with Crippen LogP contribution in [0.25, 0.3) is 0 Å². The van der Waals surface area contributed by atoms with Gasteiger partial charge in [-0.05, 0) is 36.6 Å². The molecule has 1 rings (SSSR count). The Labute approximate surface area is 118 Å². The van der Waals surface area contributed by atoms with E-state index in [9.17, 15) is 14.7 Å². The lowest BCUT2D eigenvalue weighted by molar-refractivity contribution is -0.114. The summed E-state index contributed by atoms with van der Waals surface area (Å²) >= 11 is 0. The number of esters is 1. The van der Waals surface area contributed by atoms with Crippen LogP contribution >= 0.6 is 0 Å². The molecule has 0 aliphatic rings. The summed E-state index contributed by atoms with van der Waals surface area (Å²) in [6.07, 6.45) is 0.817. The fourth-order valence-electron chi connectivity index (χ4n) is 2.08. The van der Waals surface area contributed by atoms with Gasteiger partial charge in [-0.25, -0.2) is 4.79 Å². The van der Waals surface area contributed by atoms with Crippen molar-refractivity contribution < 1.29 is 19.4 Å². The second kappa shape index (κ2) is 7.05. The van der Waals surface area contributed by atoms with Crippen LogP contribution in [0.2, 0.25) is 0 Å². The predicted octanol–water partition coefficient (Wildman–Crippen LogP) is 2.57. The minimum Gasteiger partial charge on any atom is -0.465 e. The number of rotatable bonds is 5. The first kappa shape index (κ1) is 16.2. The number of anilines is 1. The van der Waals surface area contributed by atoms with Crippen LogP contribution < -0.4 is 5.32 Å². The molecule has 0 aromatic heterocycles. The van der Waals surface area contributed by atoms with Crippen LogP contribution in [0.3, 0.4) is 0 Å². The summed E-state index contributed by atoms with van der Waals surface area (Å²) in [5, 5.41) is 12.7. The number of hydrogen-bond donors (Lipinski definition) is 2. The van der Waals surface area contributed by atoms with Crippen LogP contribution in [0.5, 0.6) is 0 Å². The van der Waals surface area contributed by atoms with E-state index in [1.165, 1.54) is 14.0 Å². The molecule has 0 aliphatic carbocycles. The lowest BCUT2D eigenvalue weighted by atomic mass is 9.96. The average molecular weight is 279 g/mol. The van der Waals surface area contributed by atoms with Gasteiger partial charge in [0.15, 0.2) is 0 Å². The third-order valence-corrected chi connectivity index (χ3v) is 3.04. The van der Waals surface area contributed by atoms with Crippen LogP contribution in [-0.2, 0) is 9.53 Å². The summed E-state index contributed by atoms with van der Waals surface area (Å²) in [6.45, 7) is 5.18. The van der Waals surface area contributed by atoms with E-state index in [1.54, 1.807) is 12.1 Å². The van der Waals surface area contributed by atoms with E-state index < -0.39 is 12.1 Å². The fourth-order valence-corrected chi connectivity index (χ4v) is 2.08. The minimum absolute atomic E-state index is 0.249. The lowest BCUT2D eigenvalue weighted by Crippen LogP contribution is -2.14. The second-order valence-electron chi connectivity index (χ2n) is 4.73. The van der Waals surface area contributed by atoms with Gasteiger partial charge >= 0.3 is 5.97 Å². The maximum absolute atomic E-state index is 11.8. The van der Waals surface area contributed by atoms with Gasteiger partial charge in [0.1, 0.15) is 0 Å². The van der Waals surface area contributed by atoms with Crippen LogP contribution in [0.4, 0.5) is 5.69 Å². The monoisotopic (exact) mass is 279 g/mol. The molecule has 1 aromatic rings. The van der Waals surface area contributed by atoms with Crippen molar-refractivity contribution in [1.82, 2.24) is 0 Å².